The number of aromatic amines is 1. The molecule has 3 N–H and O–H groups in total. The van der Waals surface area contributed by atoms with Crippen molar-refractivity contribution in [1.29, 1.82) is 0 Å². The van der Waals surface area contributed by atoms with E-state index in [1.165, 1.54) is 0 Å². The molecule has 0 atom stereocenters. The molecule has 14 heavy (non-hydrogen) atoms. The fraction of sp³-hybridized carbons (Fsp3) is 0.222. The summed E-state index contributed by atoms with van der Waals surface area (Å²) in [7, 11) is 0. The third-order valence-corrected chi connectivity index (χ3v) is 2.58. The largest absolute Gasteiger partial charge is 0.329 e. The highest BCUT2D eigenvalue weighted by molar-refractivity contribution is 9.10. The maximum absolute atomic E-state index is 11.5. The Morgan fingerprint density at radius 3 is 3.00 bits per heavy atom. The molecule has 0 unspecified atom stereocenters. The molecule has 1 aromatic carbocycles. The lowest BCUT2D eigenvalue weighted by Crippen LogP contribution is -2.21. The smallest absolute Gasteiger partial charge is 0.326 e. The Kier molecular flexibility index (Phi) is 2.43. The van der Waals surface area contributed by atoms with Crippen molar-refractivity contribution in [1.82, 2.24) is 9.55 Å². The Bertz CT molecular complexity index is 514. The van der Waals surface area contributed by atoms with E-state index < -0.39 is 0 Å². The van der Waals surface area contributed by atoms with Gasteiger partial charge in [0.05, 0.1) is 11.0 Å². The molecule has 0 saturated heterocycles. The minimum atomic E-state index is -0.108. The molecule has 5 heteroatoms. The van der Waals surface area contributed by atoms with Crippen molar-refractivity contribution in [2.24, 2.45) is 5.73 Å². The Morgan fingerprint density at radius 1 is 1.50 bits per heavy atom. The van der Waals surface area contributed by atoms with Crippen molar-refractivity contribution in [3.63, 3.8) is 0 Å². The van der Waals surface area contributed by atoms with Crippen LogP contribution in [0.3, 0.4) is 0 Å². The number of fused-ring (bicyclic) bond motifs is 1. The normalized spacial score (nSPS) is 11.0. The maximum Gasteiger partial charge on any atom is 0.326 e. The number of hydrogen-bond donors (Lipinski definition) is 2. The number of H-pyrrole nitrogens is 1. The average Bonchev–Trinajstić information content (AvgIpc) is 2.45. The Labute approximate surface area is 88.9 Å². The molecule has 74 valence electrons. The summed E-state index contributed by atoms with van der Waals surface area (Å²) in [6, 6.07) is 5.67. The zero-order valence-corrected chi connectivity index (χ0v) is 9.04. The molecular formula is C9H10BrN3O. The van der Waals surface area contributed by atoms with E-state index in [9.17, 15) is 4.79 Å². The first-order valence-electron chi connectivity index (χ1n) is 4.30. The van der Waals surface area contributed by atoms with Crippen molar-refractivity contribution in [3.8, 4) is 0 Å². The second-order valence-electron chi connectivity index (χ2n) is 3.03. The summed E-state index contributed by atoms with van der Waals surface area (Å²) in [5.41, 5.74) is 7.05. The summed E-state index contributed by atoms with van der Waals surface area (Å²) >= 11 is 3.37. The number of nitrogens with two attached hydrogens (primary N) is 1. The fourth-order valence-electron chi connectivity index (χ4n) is 1.48. The number of nitrogens with one attached hydrogen (secondary N) is 1. The number of rotatable bonds is 2. The molecule has 2 aromatic rings. The van der Waals surface area contributed by atoms with Crippen LogP contribution in [0.5, 0.6) is 0 Å². The molecule has 0 fully saturated rings. The van der Waals surface area contributed by atoms with Crippen molar-refractivity contribution < 1.29 is 0 Å². The van der Waals surface area contributed by atoms with Crippen molar-refractivity contribution in [2.45, 2.75) is 6.54 Å². The number of aromatic nitrogens is 2. The van der Waals surface area contributed by atoms with Crippen LogP contribution in [0.15, 0.2) is 27.5 Å². The van der Waals surface area contributed by atoms with E-state index in [1.54, 1.807) is 4.57 Å². The zero-order valence-electron chi connectivity index (χ0n) is 7.46. The van der Waals surface area contributed by atoms with Crippen LogP contribution in [0.2, 0.25) is 0 Å². The average molecular weight is 256 g/mol. The van der Waals surface area contributed by atoms with Crippen LogP contribution in [0.1, 0.15) is 0 Å². The summed E-state index contributed by atoms with van der Waals surface area (Å²) in [5.74, 6) is 0. The van der Waals surface area contributed by atoms with Gasteiger partial charge in [-0.15, -0.1) is 0 Å². The van der Waals surface area contributed by atoms with Crippen LogP contribution in [-0.2, 0) is 6.54 Å². The Hall–Kier alpha value is -1.07. The number of hydrogen-bond acceptors (Lipinski definition) is 2. The first-order valence-corrected chi connectivity index (χ1v) is 5.10. The lowest BCUT2D eigenvalue weighted by molar-refractivity contribution is 0.703. The van der Waals surface area contributed by atoms with Gasteiger partial charge in [-0.25, -0.2) is 4.79 Å². The van der Waals surface area contributed by atoms with Gasteiger partial charge in [0, 0.05) is 17.6 Å². The topological polar surface area (TPSA) is 63.8 Å². The molecule has 0 spiro atoms. The van der Waals surface area contributed by atoms with Gasteiger partial charge < -0.3 is 10.7 Å². The standard InChI is InChI=1S/C9H10BrN3O/c10-6-1-2-7-8(5-6)13(4-3-11)9(14)12-7/h1-2,5H,3-4,11H2,(H,12,14). The summed E-state index contributed by atoms with van der Waals surface area (Å²) in [6.07, 6.45) is 0. The van der Waals surface area contributed by atoms with Crippen LogP contribution in [0, 0.1) is 0 Å². The van der Waals surface area contributed by atoms with Crippen LogP contribution in [0.4, 0.5) is 0 Å². The molecule has 2 rings (SSSR count). The van der Waals surface area contributed by atoms with Gasteiger partial charge in [-0.3, -0.25) is 4.57 Å². The minimum absolute atomic E-state index is 0.108. The van der Waals surface area contributed by atoms with Gasteiger partial charge in [0.2, 0.25) is 0 Å². The van der Waals surface area contributed by atoms with E-state index in [0.717, 1.165) is 15.5 Å². The molecule has 0 saturated carbocycles. The molecule has 1 heterocycles. The van der Waals surface area contributed by atoms with E-state index in [-0.39, 0.29) is 5.69 Å². The van der Waals surface area contributed by atoms with Gasteiger partial charge in [0.25, 0.3) is 0 Å². The van der Waals surface area contributed by atoms with Crippen LogP contribution >= 0.6 is 15.9 Å². The predicted octanol–water partition coefficient (Wildman–Crippen LogP) is 1.05. The van der Waals surface area contributed by atoms with E-state index in [4.69, 9.17) is 5.73 Å². The lowest BCUT2D eigenvalue weighted by atomic mass is 10.3. The molecule has 0 amide bonds. The first kappa shape index (κ1) is 9.48. The van der Waals surface area contributed by atoms with Gasteiger partial charge in [0.1, 0.15) is 0 Å². The third kappa shape index (κ3) is 1.49. The molecular weight excluding hydrogens is 246 g/mol. The van der Waals surface area contributed by atoms with Crippen LogP contribution < -0.4 is 11.4 Å². The van der Waals surface area contributed by atoms with Gasteiger partial charge in [-0.05, 0) is 18.2 Å². The minimum Gasteiger partial charge on any atom is -0.329 e. The SMILES string of the molecule is NCCn1c(=O)[nH]c2ccc(Br)cc21. The molecule has 0 bridgehead atoms. The highest BCUT2D eigenvalue weighted by Gasteiger charge is 2.05. The monoisotopic (exact) mass is 255 g/mol. The fourth-order valence-corrected chi connectivity index (χ4v) is 1.83. The van der Waals surface area contributed by atoms with E-state index >= 15 is 0 Å². The number of nitrogens with zero attached hydrogens (tertiary/aromatic N) is 1. The predicted molar refractivity (Wildman–Crippen MR) is 59.3 cm³/mol. The maximum atomic E-state index is 11.5. The summed E-state index contributed by atoms with van der Waals surface area (Å²) < 4.78 is 2.59. The quantitative estimate of drug-likeness (QED) is 0.843. The molecule has 0 radical (unpaired) electrons. The zero-order chi connectivity index (χ0) is 10.1. The summed E-state index contributed by atoms with van der Waals surface area (Å²) in [6.45, 7) is 0.995. The van der Waals surface area contributed by atoms with Crippen LogP contribution in [0.25, 0.3) is 11.0 Å². The molecule has 0 aliphatic carbocycles. The lowest BCUT2D eigenvalue weighted by Gasteiger charge is -1.99. The van der Waals surface area contributed by atoms with Gasteiger partial charge in [-0.1, -0.05) is 15.9 Å². The van der Waals surface area contributed by atoms with E-state index in [1.807, 2.05) is 18.2 Å². The van der Waals surface area contributed by atoms with Crippen LogP contribution in [-0.4, -0.2) is 16.1 Å². The van der Waals surface area contributed by atoms with E-state index in [2.05, 4.69) is 20.9 Å². The highest BCUT2D eigenvalue weighted by atomic mass is 79.9. The number of halogens is 1. The second kappa shape index (κ2) is 3.59. The summed E-state index contributed by atoms with van der Waals surface area (Å²) in [5, 5.41) is 0. The number of benzene rings is 1. The molecule has 0 aliphatic heterocycles. The summed E-state index contributed by atoms with van der Waals surface area (Å²) in [4.78, 5) is 14.2. The molecule has 4 nitrogen and oxygen atoms in total. The molecule has 0 aliphatic rings. The Morgan fingerprint density at radius 2 is 2.29 bits per heavy atom. The van der Waals surface area contributed by atoms with Gasteiger partial charge in [0.15, 0.2) is 0 Å². The van der Waals surface area contributed by atoms with Crippen molar-refractivity contribution in [3.05, 3.63) is 33.2 Å². The Balaban J connectivity index is 2.73. The van der Waals surface area contributed by atoms with Crippen molar-refractivity contribution in [2.75, 3.05) is 6.54 Å². The second-order valence-corrected chi connectivity index (χ2v) is 3.95. The third-order valence-electron chi connectivity index (χ3n) is 2.09. The molecule has 1 aromatic heterocycles. The van der Waals surface area contributed by atoms with Gasteiger partial charge in [-0.2, -0.15) is 0 Å². The number of imidazole rings is 1. The van der Waals surface area contributed by atoms with E-state index in [0.29, 0.717) is 13.1 Å². The highest BCUT2D eigenvalue weighted by Crippen LogP contribution is 2.16. The van der Waals surface area contributed by atoms with Crippen molar-refractivity contribution >= 4 is 27.0 Å². The first-order chi connectivity index (χ1) is 6.72. The van der Waals surface area contributed by atoms with Gasteiger partial charge >= 0.3 is 5.69 Å².